The number of nitrogens with two attached hydrogens (primary N) is 1. The van der Waals surface area contributed by atoms with Crippen LogP contribution < -0.4 is 5.73 Å². The molecule has 2 rings (SSSR count). The lowest BCUT2D eigenvalue weighted by atomic mass is 9.74. The van der Waals surface area contributed by atoms with Gasteiger partial charge >= 0.3 is 0 Å². The van der Waals surface area contributed by atoms with Gasteiger partial charge in [0.05, 0.1) is 6.10 Å². The van der Waals surface area contributed by atoms with Crippen molar-refractivity contribution in [3.05, 3.63) is 35.1 Å². The van der Waals surface area contributed by atoms with Crippen molar-refractivity contribution in [3.63, 3.8) is 0 Å². The molecule has 1 aromatic rings. The van der Waals surface area contributed by atoms with Gasteiger partial charge in [0.1, 0.15) is 5.82 Å². The lowest BCUT2D eigenvalue weighted by Gasteiger charge is -2.36. The third-order valence-corrected chi connectivity index (χ3v) is 4.84. The molecule has 106 valence electrons. The predicted molar refractivity (Wildman–Crippen MR) is 75.4 cm³/mol. The number of halogens is 1. The smallest absolute Gasteiger partial charge is 0.123 e. The van der Waals surface area contributed by atoms with Gasteiger partial charge in [-0.15, -0.1) is 0 Å². The molecule has 3 heteroatoms. The topological polar surface area (TPSA) is 46.2 Å². The van der Waals surface area contributed by atoms with E-state index < -0.39 is 6.10 Å². The van der Waals surface area contributed by atoms with E-state index in [0.717, 1.165) is 30.4 Å². The quantitative estimate of drug-likeness (QED) is 0.882. The summed E-state index contributed by atoms with van der Waals surface area (Å²) in [4.78, 5) is 0. The summed E-state index contributed by atoms with van der Waals surface area (Å²) in [6.07, 6.45) is 2.22. The molecule has 3 N–H and O–H groups in total. The number of aliphatic hydroxyl groups is 1. The van der Waals surface area contributed by atoms with Crippen molar-refractivity contribution in [1.82, 2.24) is 0 Å². The van der Waals surface area contributed by atoms with Crippen molar-refractivity contribution in [3.8, 4) is 0 Å². The average Bonchev–Trinajstić information content (AvgIpc) is 2.57. The standard InChI is InChI=1S/C16H24FNO/c1-11-8-13(17)5-4-12(11)9-16(10-18)7-6-15(2,3)14(16)19/h4-5,8,14,19H,6-7,9-10,18H2,1-3H3. The summed E-state index contributed by atoms with van der Waals surface area (Å²) < 4.78 is 13.2. The summed E-state index contributed by atoms with van der Waals surface area (Å²) in [5.74, 6) is -0.213. The minimum atomic E-state index is -0.408. The molecule has 1 aromatic carbocycles. The highest BCUT2D eigenvalue weighted by molar-refractivity contribution is 5.28. The molecular weight excluding hydrogens is 241 g/mol. The van der Waals surface area contributed by atoms with E-state index in [1.807, 2.05) is 13.0 Å². The Bertz CT molecular complexity index is 472. The third kappa shape index (κ3) is 2.54. The highest BCUT2D eigenvalue weighted by Gasteiger charge is 2.50. The first kappa shape index (κ1) is 14.5. The molecule has 0 aliphatic heterocycles. The van der Waals surface area contributed by atoms with E-state index in [-0.39, 0.29) is 16.6 Å². The van der Waals surface area contributed by atoms with E-state index >= 15 is 0 Å². The summed E-state index contributed by atoms with van der Waals surface area (Å²) >= 11 is 0. The maximum Gasteiger partial charge on any atom is 0.123 e. The van der Waals surface area contributed by atoms with Crippen LogP contribution >= 0.6 is 0 Å². The van der Waals surface area contributed by atoms with Crippen molar-refractivity contribution < 1.29 is 9.50 Å². The molecular formula is C16H24FNO. The fourth-order valence-electron chi connectivity index (χ4n) is 3.38. The van der Waals surface area contributed by atoms with Crippen LogP contribution in [-0.2, 0) is 6.42 Å². The van der Waals surface area contributed by atoms with Gasteiger partial charge in [0.25, 0.3) is 0 Å². The second-order valence-electron chi connectivity index (χ2n) is 6.71. The van der Waals surface area contributed by atoms with E-state index in [0.29, 0.717) is 6.54 Å². The average molecular weight is 265 g/mol. The molecule has 2 nitrogen and oxygen atoms in total. The molecule has 2 atom stereocenters. The van der Waals surface area contributed by atoms with Crippen molar-refractivity contribution in [1.29, 1.82) is 0 Å². The van der Waals surface area contributed by atoms with Crippen molar-refractivity contribution >= 4 is 0 Å². The van der Waals surface area contributed by atoms with Gasteiger partial charge in [0, 0.05) is 12.0 Å². The van der Waals surface area contributed by atoms with Gasteiger partial charge in [-0.05, 0) is 54.9 Å². The van der Waals surface area contributed by atoms with Crippen LogP contribution in [0.15, 0.2) is 18.2 Å². The molecule has 1 fully saturated rings. The molecule has 1 aliphatic rings. The number of benzene rings is 1. The van der Waals surface area contributed by atoms with Crippen LogP contribution in [0.2, 0.25) is 0 Å². The Morgan fingerprint density at radius 2 is 2.05 bits per heavy atom. The zero-order chi connectivity index (χ0) is 14.3. The minimum absolute atomic E-state index is 0.0900. The molecule has 0 bridgehead atoms. The van der Waals surface area contributed by atoms with Gasteiger partial charge in [-0.25, -0.2) is 4.39 Å². The van der Waals surface area contributed by atoms with Crippen molar-refractivity contribution in [2.24, 2.45) is 16.6 Å². The summed E-state index contributed by atoms with van der Waals surface area (Å²) in [7, 11) is 0. The Balaban J connectivity index is 2.29. The molecule has 1 aliphatic carbocycles. The Labute approximate surface area is 114 Å². The van der Waals surface area contributed by atoms with Gasteiger partial charge in [-0.2, -0.15) is 0 Å². The first-order chi connectivity index (χ1) is 8.81. The first-order valence-electron chi connectivity index (χ1n) is 6.94. The monoisotopic (exact) mass is 265 g/mol. The van der Waals surface area contributed by atoms with Crippen LogP contribution in [0, 0.1) is 23.6 Å². The van der Waals surface area contributed by atoms with Crippen LogP contribution in [0.25, 0.3) is 0 Å². The predicted octanol–water partition coefficient (Wildman–Crippen LogP) is 2.80. The van der Waals surface area contributed by atoms with Crippen molar-refractivity contribution in [2.45, 2.75) is 46.1 Å². The molecule has 0 amide bonds. The molecule has 0 radical (unpaired) electrons. The minimum Gasteiger partial charge on any atom is -0.392 e. The Kier molecular flexibility index (Phi) is 3.72. The zero-order valence-corrected chi connectivity index (χ0v) is 12.0. The summed E-state index contributed by atoms with van der Waals surface area (Å²) in [5, 5.41) is 10.6. The molecule has 1 saturated carbocycles. The van der Waals surface area contributed by atoms with Gasteiger partial charge < -0.3 is 10.8 Å². The highest BCUT2D eigenvalue weighted by Crippen LogP contribution is 2.50. The van der Waals surface area contributed by atoms with E-state index in [1.54, 1.807) is 6.07 Å². The van der Waals surface area contributed by atoms with E-state index in [1.165, 1.54) is 6.07 Å². The van der Waals surface area contributed by atoms with Crippen LogP contribution in [-0.4, -0.2) is 17.8 Å². The van der Waals surface area contributed by atoms with Crippen LogP contribution in [0.1, 0.15) is 37.8 Å². The number of aliphatic hydroxyl groups excluding tert-OH is 1. The largest absolute Gasteiger partial charge is 0.392 e. The zero-order valence-electron chi connectivity index (χ0n) is 12.0. The van der Waals surface area contributed by atoms with Crippen LogP contribution in [0.4, 0.5) is 4.39 Å². The molecule has 19 heavy (non-hydrogen) atoms. The maximum atomic E-state index is 13.2. The maximum absolute atomic E-state index is 13.2. The SMILES string of the molecule is Cc1cc(F)ccc1CC1(CN)CCC(C)(C)C1O. The number of hydrogen-bond acceptors (Lipinski definition) is 2. The van der Waals surface area contributed by atoms with Gasteiger partial charge in [0.15, 0.2) is 0 Å². The highest BCUT2D eigenvalue weighted by atomic mass is 19.1. The normalized spacial score (nSPS) is 29.7. The van der Waals surface area contributed by atoms with Gasteiger partial charge in [0.2, 0.25) is 0 Å². The third-order valence-electron chi connectivity index (χ3n) is 4.84. The first-order valence-corrected chi connectivity index (χ1v) is 6.94. The van der Waals surface area contributed by atoms with E-state index in [9.17, 15) is 9.50 Å². The van der Waals surface area contributed by atoms with Gasteiger partial charge in [-0.1, -0.05) is 19.9 Å². The second-order valence-corrected chi connectivity index (χ2v) is 6.71. The second kappa shape index (κ2) is 4.88. The molecule has 0 aromatic heterocycles. The Hall–Kier alpha value is -0.930. The number of hydrogen-bond donors (Lipinski definition) is 2. The Morgan fingerprint density at radius 1 is 1.37 bits per heavy atom. The van der Waals surface area contributed by atoms with E-state index in [4.69, 9.17) is 5.73 Å². The fraction of sp³-hybridized carbons (Fsp3) is 0.625. The van der Waals surface area contributed by atoms with Crippen molar-refractivity contribution in [2.75, 3.05) is 6.54 Å². The summed E-state index contributed by atoms with van der Waals surface area (Å²) in [6.45, 7) is 6.56. The van der Waals surface area contributed by atoms with E-state index in [2.05, 4.69) is 13.8 Å². The fourth-order valence-corrected chi connectivity index (χ4v) is 3.38. The van der Waals surface area contributed by atoms with Crippen LogP contribution in [0.3, 0.4) is 0 Å². The molecule has 2 unspecified atom stereocenters. The Morgan fingerprint density at radius 3 is 2.53 bits per heavy atom. The molecule has 0 heterocycles. The van der Waals surface area contributed by atoms with Gasteiger partial charge in [-0.3, -0.25) is 0 Å². The number of rotatable bonds is 3. The van der Waals surface area contributed by atoms with Crippen LogP contribution in [0.5, 0.6) is 0 Å². The number of aryl methyl sites for hydroxylation is 1. The lowest BCUT2D eigenvalue weighted by Crippen LogP contribution is -2.44. The lowest BCUT2D eigenvalue weighted by molar-refractivity contribution is -0.00470. The molecule has 0 saturated heterocycles. The summed E-state index contributed by atoms with van der Waals surface area (Å²) in [6, 6.07) is 4.85. The summed E-state index contributed by atoms with van der Waals surface area (Å²) in [5.41, 5.74) is 7.63. The molecule has 0 spiro atoms.